The van der Waals surface area contributed by atoms with Crippen LogP contribution in [0.1, 0.15) is 4.11 Å². The summed E-state index contributed by atoms with van der Waals surface area (Å²) in [5, 5.41) is 1.61. The number of benzene rings is 2. The number of rotatable bonds is 0. The van der Waals surface area contributed by atoms with Crippen LogP contribution in [0, 0.1) is 0 Å². The van der Waals surface area contributed by atoms with E-state index in [4.69, 9.17) is 20.1 Å². The molecule has 1 nitrogen and oxygen atoms in total. The minimum absolute atomic E-state index is 0.142. The lowest BCUT2D eigenvalue weighted by Crippen LogP contribution is -1.70. The van der Waals surface area contributed by atoms with Gasteiger partial charge >= 0.3 is 0 Å². The molecule has 0 radical (unpaired) electrons. The Morgan fingerprint density at radius 1 is 1.33 bits per heavy atom. The predicted octanol–water partition coefficient (Wildman–Crippen LogP) is 5.00. The summed E-state index contributed by atoms with van der Waals surface area (Å²) >= 11 is 9.39. The first-order valence-electron chi connectivity index (χ1n) is 5.77. The van der Waals surface area contributed by atoms with Crippen molar-refractivity contribution in [3.05, 3.63) is 45.8 Å². The molecule has 0 unspecified atom stereocenters. The van der Waals surface area contributed by atoms with Crippen molar-refractivity contribution in [3.63, 3.8) is 0 Å². The smallest absolute Gasteiger partial charge is 0.155 e. The summed E-state index contributed by atoms with van der Waals surface area (Å²) < 4.78 is 29.4. The quantitative estimate of drug-likeness (QED) is 0.566. The first-order chi connectivity index (χ1) is 8.49. The highest BCUT2D eigenvalue weighted by Crippen LogP contribution is 2.37. The monoisotopic (exact) mass is 283 g/mol. The van der Waals surface area contributed by atoms with Gasteiger partial charge in [-0.25, -0.2) is 0 Å². The molecule has 0 aliphatic heterocycles. The SMILES string of the molecule is [2H]c1cc([2H])c2oc3c(Cl)cc([2H])c(Br)c3c2c1. The summed E-state index contributed by atoms with van der Waals surface area (Å²) in [6.07, 6.45) is 0. The van der Waals surface area contributed by atoms with Crippen molar-refractivity contribution in [1.82, 2.24) is 0 Å². The Bertz CT molecular complexity index is 797. The van der Waals surface area contributed by atoms with E-state index < -0.39 is 0 Å². The zero-order valence-corrected chi connectivity index (χ0v) is 9.74. The maximum absolute atomic E-state index is 7.81. The number of hydrogen-bond donors (Lipinski definition) is 0. The van der Waals surface area contributed by atoms with Crippen LogP contribution in [-0.4, -0.2) is 0 Å². The molecule has 0 amide bonds. The lowest BCUT2D eigenvalue weighted by Gasteiger charge is -1.94. The molecule has 0 aliphatic carbocycles. The topological polar surface area (TPSA) is 13.1 Å². The molecule has 0 saturated carbocycles. The second-order valence-electron chi connectivity index (χ2n) is 3.10. The molecule has 0 N–H and O–H groups in total. The standard InChI is InChI=1S/C12H6BrClO/c13-8-5-6-9(14)12-11(8)7-3-1-2-4-10(7)15-12/h1-6H/i1D,4D,5D. The van der Waals surface area contributed by atoms with Crippen molar-refractivity contribution in [3.8, 4) is 0 Å². The number of furan rings is 1. The summed E-state index contributed by atoms with van der Waals surface area (Å²) in [5.74, 6) is 0. The van der Waals surface area contributed by atoms with Crippen molar-refractivity contribution in [2.45, 2.75) is 0 Å². The Balaban J connectivity index is 2.65. The molecule has 1 heterocycles. The maximum Gasteiger partial charge on any atom is 0.155 e. The van der Waals surface area contributed by atoms with Crippen LogP contribution in [-0.2, 0) is 0 Å². The second-order valence-corrected chi connectivity index (χ2v) is 4.30. The summed E-state index contributed by atoms with van der Waals surface area (Å²) in [6, 6.07) is 5.13. The third-order valence-electron chi connectivity index (χ3n) is 2.22. The summed E-state index contributed by atoms with van der Waals surface area (Å²) in [4.78, 5) is 0. The van der Waals surface area contributed by atoms with Crippen molar-refractivity contribution in [1.29, 1.82) is 0 Å². The summed E-state index contributed by atoms with van der Waals surface area (Å²) in [6.45, 7) is 0. The molecule has 0 fully saturated rings. The molecular weight excluding hydrogens is 275 g/mol. The number of para-hydroxylation sites is 1. The first kappa shape index (κ1) is 6.56. The Morgan fingerprint density at radius 3 is 3.07 bits per heavy atom. The van der Waals surface area contributed by atoms with E-state index >= 15 is 0 Å². The molecule has 0 atom stereocenters. The molecule has 3 aromatic rings. The average Bonchev–Trinajstić information content (AvgIpc) is 2.66. The van der Waals surface area contributed by atoms with Crippen LogP contribution < -0.4 is 0 Å². The second kappa shape index (κ2) is 3.26. The molecular formula is C12H6BrClO. The van der Waals surface area contributed by atoms with Gasteiger partial charge in [-0.1, -0.05) is 45.7 Å². The van der Waals surface area contributed by atoms with Gasteiger partial charge in [0.1, 0.15) is 5.58 Å². The molecule has 74 valence electrons. The highest BCUT2D eigenvalue weighted by atomic mass is 79.9. The Kier molecular flexibility index (Phi) is 1.42. The zero-order chi connectivity index (χ0) is 13.0. The Labute approximate surface area is 104 Å². The molecule has 3 heteroatoms. The largest absolute Gasteiger partial charge is 0.454 e. The van der Waals surface area contributed by atoms with E-state index in [1.165, 1.54) is 12.1 Å². The van der Waals surface area contributed by atoms with E-state index in [-0.39, 0.29) is 18.1 Å². The average molecular weight is 285 g/mol. The number of hydrogen-bond acceptors (Lipinski definition) is 1. The van der Waals surface area contributed by atoms with Crippen molar-refractivity contribution in [2.75, 3.05) is 0 Å². The normalized spacial score (nSPS) is 14.1. The van der Waals surface area contributed by atoms with E-state index in [9.17, 15) is 0 Å². The highest BCUT2D eigenvalue weighted by Gasteiger charge is 2.11. The number of fused-ring (bicyclic) bond motifs is 3. The van der Waals surface area contributed by atoms with Gasteiger partial charge in [-0.3, -0.25) is 0 Å². The minimum atomic E-state index is 0.142. The Morgan fingerprint density at radius 2 is 2.20 bits per heavy atom. The van der Waals surface area contributed by atoms with Gasteiger partial charge in [0.2, 0.25) is 0 Å². The Hall–Kier alpha value is -0.990. The van der Waals surface area contributed by atoms with Crippen molar-refractivity contribution < 1.29 is 8.53 Å². The third-order valence-corrected chi connectivity index (χ3v) is 3.13. The van der Waals surface area contributed by atoms with Crippen molar-refractivity contribution >= 4 is 49.5 Å². The molecule has 0 saturated heterocycles. The molecule has 0 bridgehead atoms. The van der Waals surface area contributed by atoms with E-state index in [1.54, 1.807) is 6.07 Å². The van der Waals surface area contributed by atoms with Gasteiger partial charge < -0.3 is 4.42 Å². The van der Waals surface area contributed by atoms with Crippen LogP contribution in [0.25, 0.3) is 21.9 Å². The van der Waals surface area contributed by atoms with E-state index in [0.29, 0.717) is 31.4 Å². The van der Waals surface area contributed by atoms with Gasteiger partial charge in [-0.2, -0.15) is 0 Å². The fraction of sp³-hybridized carbons (Fsp3) is 0. The van der Waals surface area contributed by atoms with Gasteiger partial charge in [-0.15, -0.1) is 0 Å². The van der Waals surface area contributed by atoms with Gasteiger partial charge in [0.05, 0.1) is 9.13 Å². The van der Waals surface area contributed by atoms with Crippen LogP contribution in [0.4, 0.5) is 0 Å². The third kappa shape index (κ3) is 1.29. The van der Waals surface area contributed by atoms with Crippen molar-refractivity contribution in [2.24, 2.45) is 0 Å². The predicted molar refractivity (Wildman–Crippen MR) is 66.4 cm³/mol. The van der Waals surface area contributed by atoms with E-state index in [2.05, 4.69) is 15.9 Å². The van der Waals surface area contributed by atoms with Crippen LogP contribution in [0.15, 0.2) is 45.2 Å². The van der Waals surface area contributed by atoms with Crippen LogP contribution in [0.5, 0.6) is 0 Å². The zero-order valence-electron chi connectivity index (χ0n) is 10.4. The molecule has 3 rings (SSSR count). The fourth-order valence-electron chi connectivity index (χ4n) is 1.57. The van der Waals surface area contributed by atoms with Gasteiger partial charge in [0, 0.05) is 15.2 Å². The van der Waals surface area contributed by atoms with Crippen LogP contribution >= 0.6 is 27.5 Å². The molecule has 2 aromatic carbocycles. The molecule has 1 aromatic heterocycles. The van der Waals surface area contributed by atoms with Crippen LogP contribution in [0.3, 0.4) is 0 Å². The fourth-order valence-corrected chi connectivity index (χ4v) is 2.27. The highest BCUT2D eigenvalue weighted by molar-refractivity contribution is 9.10. The lowest BCUT2D eigenvalue weighted by molar-refractivity contribution is 0.669. The summed E-state index contributed by atoms with van der Waals surface area (Å²) in [7, 11) is 0. The first-order valence-corrected chi connectivity index (χ1v) is 5.44. The number of halogens is 2. The van der Waals surface area contributed by atoms with Gasteiger partial charge in [-0.05, 0) is 18.2 Å². The molecule has 0 spiro atoms. The van der Waals surface area contributed by atoms with E-state index in [1.807, 2.05) is 0 Å². The van der Waals surface area contributed by atoms with Gasteiger partial charge in [0.15, 0.2) is 5.58 Å². The lowest BCUT2D eigenvalue weighted by atomic mass is 10.1. The molecule has 0 aliphatic rings. The van der Waals surface area contributed by atoms with E-state index in [0.717, 1.165) is 0 Å². The van der Waals surface area contributed by atoms with Gasteiger partial charge in [0.25, 0.3) is 0 Å². The molecule has 15 heavy (non-hydrogen) atoms. The van der Waals surface area contributed by atoms with Crippen LogP contribution in [0.2, 0.25) is 5.02 Å². The summed E-state index contributed by atoms with van der Waals surface area (Å²) in [5.41, 5.74) is 0.822. The maximum atomic E-state index is 7.81. The minimum Gasteiger partial charge on any atom is -0.454 e.